The summed E-state index contributed by atoms with van der Waals surface area (Å²) >= 11 is 1.47. The highest BCUT2D eigenvalue weighted by Crippen LogP contribution is 2.16. The Balaban J connectivity index is 1.92. The summed E-state index contributed by atoms with van der Waals surface area (Å²) in [7, 11) is 0.654. The molecule has 5 heteroatoms. The van der Waals surface area contributed by atoms with Crippen LogP contribution in [-0.4, -0.2) is 22.1 Å². The predicted octanol–water partition coefficient (Wildman–Crippen LogP) is 2.81. The van der Waals surface area contributed by atoms with E-state index in [1.807, 2.05) is 36.6 Å². The van der Waals surface area contributed by atoms with Crippen molar-refractivity contribution in [1.82, 2.24) is 4.98 Å². The van der Waals surface area contributed by atoms with Crippen LogP contribution in [0.5, 0.6) is 5.75 Å². The number of thiazole rings is 1. The predicted molar refractivity (Wildman–Crippen MR) is 74.8 cm³/mol. The van der Waals surface area contributed by atoms with Gasteiger partial charge in [-0.15, -0.1) is 11.3 Å². The molecule has 0 spiro atoms. The zero-order chi connectivity index (χ0) is 13.0. The van der Waals surface area contributed by atoms with Gasteiger partial charge in [0.25, 0.3) is 0 Å². The largest absolute Gasteiger partial charge is 0.497 e. The lowest BCUT2D eigenvalue weighted by Gasteiger charge is -2.02. The maximum atomic E-state index is 12.0. The molecule has 0 aliphatic rings. The Bertz CT molecular complexity index is 534. The van der Waals surface area contributed by atoms with Crippen LogP contribution >= 0.6 is 11.3 Å². The van der Waals surface area contributed by atoms with Crippen LogP contribution in [0.1, 0.15) is 11.3 Å². The highest BCUT2D eigenvalue weighted by molar-refractivity contribution is 7.87. The molecule has 0 N–H and O–H groups in total. The molecule has 96 valence electrons. The van der Waals surface area contributed by atoms with E-state index in [-0.39, 0.29) is 0 Å². The molecule has 1 aromatic heterocycles. The first-order chi connectivity index (χ1) is 8.69. The summed E-state index contributed by atoms with van der Waals surface area (Å²) in [4.78, 5) is 4.25. The second-order valence-electron chi connectivity index (χ2n) is 3.90. The van der Waals surface area contributed by atoms with E-state index in [0.717, 1.165) is 27.8 Å². The molecule has 0 saturated heterocycles. The van der Waals surface area contributed by atoms with Crippen LogP contribution in [0.3, 0.4) is 0 Å². The summed E-state index contributed by atoms with van der Waals surface area (Å²) in [6.45, 7) is 1.92. The van der Waals surface area contributed by atoms with Crippen molar-refractivity contribution in [1.29, 1.82) is 0 Å². The van der Waals surface area contributed by atoms with Gasteiger partial charge in [0, 0.05) is 16.8 Å². The third-order valence-corrected chi connectivity index (χ3v) is 5.18. The molecule has 0 saturated carbocycles. The Labute approximate surface area is 113 Å². The Morgan fingerprint density at radius 2 is 2.06 bits per heavy atom. The summed E-state index contributed by atoms with van der Waals surface area (Å²) in [5.41, 5.74) is 2.10. The van der Waals surface area contributed by atoms with Gasteiger partial charge >= 0.3 is 0 Å². The minimum atomic E-state index is -0.994. The summed E-state index contributed by atoms with van der Waals surface area (Å²) in [5, 5.41) is 1.93. The number of nitrogens with zero attached hydrogens (tertiary/aromatic N) is 1. The quantitative estimate of drug-likeness (QED) is 0.846. The lowest BCUT2D eigenvalue weighted by atomic mass is 10.2. The van der Waals surface area contributed by atoms with Gasteiger partial charge in [0.15, 0.2) is 4.34 Å². The fraction of sp³-hybridized carbons (Fsp3) is 0.308. The molecule has 1 heterocycles. The maximum Gasteiger partial charge on any atom is 0.180 e. The van der Waals surface area contributed by atoms with Crippen molar-refractivity contribution in [2.24, 2.45) is 0 Å². The Hall–Kier alpha value is -1.20. The molecular weight excluding hydrogens is 266 g/mol. The van der Waals surface area contributed by atoms with Gasteiger partial charge in [-0.2, -0.15) is 0 Å². The minimum absolute atomic E-state index is 0.610. The van der Waals surface area contributed by atoms with Crippen molar-refractivity contribution in [2.45, 2.75) is 17.7 Å². The van der Waals surface area contributed by atoms with Crippen LogP contribution in [0.4, 0.5) is 0 Å². The SMILES string of the molecule is COc1ccc(CC[S@](=O)c2nc(C)cs2)cc1. The highest BCUT2D eigenvalue weighted by atomic mass is 32.2. The van der Waals surface area contributed by atoms with Crippen LogP contribution in [0.25, 0.3) is 0 Å². The van der Waals surface area contributed by atoms with Crippen LogP contribution in [0.2, 0.25) is 0 Å². The van der Waals surface area contributed by atoms with Gasteiger partial charge in [-0.3, -0.25) is 4.21 Å². The zero-order valence-corrected chi connectivity index (χ0v) is 12.0. The number of ether oxygens (including phenoxy) is 1. The van der Waals surface area contributed by atoms with E-state index >= 15 is 0 Å². The Morgan fingerprint density at radius 1 is 1.33 bits per heavy atom. The van der Waals surface area contributed by atoms with Gasteiger partial charge in [-0.05, 0) is 31.0 Å². The monoisotopic (exact) mass is 281 g/mol. The van der Waals surface area contributed by atoms with E-state index in [9.17, 15) is 4.21 Å². The maximum absolute atomic E-state index is 12.0. The lowest BCUT2D eigenvalue weighted by Crippen LogP contribution is -2.01. The topological polar surface area (TPSA) is 39.2 Å². The van der Waals surface area contributed by atoms with Crippen LogP contribution < -0.4 is 4.74 Å². The average molecular weight is 281 g/mol. The highest BCUT2D eigenvalue weighted by Gasteiger charge is 2.08. The standard InChI is InChI=1S/C13H15NO2S2/c1-10-9-17-13(14-10)18(15)8-7-11-3-5-12(16-2)6-4-11/h3-6,9H,7-8H2,1-2H3/t18-/m0/s1. The molecule has 18 heavy (non-hydrogen) atoms. The molecule has 3 nitrogen and oxygen atoms in total. The summed E-state index contributed by atoms with van der Waals surface area (Å²) in [5.74, 6) is 1.45. The number of aromatic nitrogens is 1. The Morgan fingerprint density at radius 3 is 2.61 bits per heavy atom. The van der Waals surface area contributed by atoms with E-state index in [4.69, 9.17) is 4.74 Å². The van der Waals surface area contributed by atoms with Crippen molar-refractivity contribution in [3.8, 4) is 5.75 Å². The number of methoxy groups -OCH3 is 1. The summed E-state index contributed by atoms with van der Waals surface area (Å²) in [6, 6.07) is 7.85. The van der Waals surface area contributed by atoms with Crippen molar-refractivity contribution in [3.05, 3.63) is 40.9 Å². The van der Waals surface area contributed by atoms with E-state index in [1.54, 1.807) is 7.11 Å². The normalized spacial score (nSPS) is 12.3. The van der Waals surface area contributed by atoms with Crippen molar-refractivity contribution in [2.75, 3.05) is 12.9 Å². The second kappa shape index (κ2) is 6.11. The molecule has 0 amide bonds. The van der Waals surface area contributed by atoms with Crippen LogP contribution in [0.15, 0.2) is 34.0 Å². The van der Waals surface area contributed by atoms with Crippen LogP contribution in [-0.2, 0) is 17.2 Å². The molecular formula is C13H15NO2S2. The molecule has 1 aromatic carbocycles. The number of hydrogen-bond acceptors (Lipinski definition) is 4. The van der Waals surface area contributed by atoms with Gasteiger partial charge in [0.05, 0.1) is 17.9 Å². The third kappa shape index (κ3) is 3.40. The van der Waals surface area contributed by atoms with Crippen molar-refractivity contribution in [3.63, 3.8) is 0 Å². The van der Waals surface area contributed by atoms with Crippen molar-refractivity contribution >= 4 is 22.1 Å². The first-order valence-corrected chi connectivity index (χ1v) is 7.82. The lowest BCUT2D eigenvalue weighted by molar-refractivity contribution is 0.414. The van der Waals surface area contributed by atoms with Gasteiger partial charge in [0.1, 0.15) is 5.75 Å². The molecule has 0 unspecified atom stereocenters. The molecule has 0 aliphatic carbocycles. The molecule has 0 fully saturated rings. The van der Waals surface area contributed by atoms with Gasteiger partial charge < -0.3 is 4.74 Å². The van der Waals surface area contributed by atoms with E-state index in [0.29, 0.717) is 5.75 Å². The molecule has 2 rings (SSSR count). The van der Waals surface area contributed by atoms with Gasteiger partial charge in [0.2, 0.25) is 0 Å². The smallest absolute Gasteiger partial charge is 0.180 e. The molecule has 0 aliphatic heterocycles. The van der Waals surface area contributed by atoms with E-state index in [1.165, 1.54) is 11.3 Å². The van der Waals surface area contributed by atoms with Gasteiger partial charge in [-0.1, -0.05) is 12.1 Å². The minimum Gasteiger partial charge on any atom is -0.497 e. The fourth-order valence-corrected chi connectivity index (χ4v) is 3.71. The molecule has 0 bridgehead atoms. The van der Waals surface area contributed by atoms with E-state index < -0.39 is 10.8 Å². The average Bonchev–Trinajstić information content (AvgIpc) is 2.83. The number of aryl methyl sites for hydroxylation is 2. The van der Waals surface area contributed by atoms with Crippen LogP contribution in [0, 0.1) is 6.92 Å². The van der Waals surface area contributed by atoms with E-state index in [2.05, 4.69) is 4.98 Å². The van der Waals surface area contributed by atoms with Gasteiger partial charge in [-0.25, -0.2) is 4.98 Å². The second-order valence-corrected chi connectivity index (χ2v) is 6.51. The third-order valence-electron chi connectivity index (χ3n) is 2.53. The first kappa shape index (κ1) is 13.2. The summed E-state index contributed by atoms with van der Waals surface area (Å²) < 4.78 is 17.8. The number of rotatable bonds is 5. The first-order valence-electron chi connectivity index (χ1n) is 5.62. The molecule has 1 atom stereocenters. The number of benzene rings is 1. The molecule has 2 aromatic rings. The molecule has 0 radical (unpaired) electrons. The fourth-order valence-electron chi connectivity index (χ4n) is 1.53. The van der Waals surface area contributed by atoms with Crippen molar-refractivity contribution < 1.29 is 8.95 Å². The summed E-state index contributed by atoms with van der Waals surface area (Å²) in [6.07, 6.45) is 0.787. The zero-order valence-electron chi connectivity index (χ0n) is 10.4. The Kier molecular flexibility index (Phi) is 4.49. The number of hydrogen-bond donors (Lipinski definition) is 0.